The molecule has 29 heavy (non-hydrogen) atoms. The van der Waals surface area contributed by atoms with Crippen molar-refractivity contribution in [3.8, 4) is 0 Å². The number of carbonyl (C=O) groups excluding carboxylic acids is 2. The van der Waals surface area contributed by atoms with Crippen molar-refractivity contribution in [3.63, 3.8) is 0 Å². The molecule has 3 rings (SSSR count). The van der Waals surface area contributed by atoms with Crippen LogP contribution in [-0.2, 0) is 14.8 Å². The van der Waals surface area contributed by atoms with E-state index in [1.807, 2.05) is 0 Å². The normalized spacial score (nSPS) is 17.6. The number of hydrogen-bond acceptors (Lipinski definition) is 5. The minimum atomic E-state index is -3.79. The zero-order chi connectivity index (χ0) is 20.9. The van der Waals surface area contributed by atoms with Crippen molar-refractivity contribution >= 4 is 21.8 Å². The number of nitrogens with one attached hydrogen (secondary N) is 2. The van der Waals surface area contributed by atoms with Crippen LogP contribution in [0.3, 0.4) is 0 Å². The summed E-state index contributed by atoms with van der Waals surface area (Å²) in [7, 11) is -3.79. The van der Waals surface area contributed by atoms with Crippen LogP contribution in [0.25, 0.3) is 0 Å². The Labute approximate surface area is 168 Å². The number of rotatable bonds is 7. The van der Waals surface area contributed by atoms with E-state index in [9.17, 15) is 22.4 Å². The lowest BCUT2D eigenvalue weighted by Crippen LogP contribution is -2.46. The summed E-state index contributed by atoms with van der Waals surface area (Å²) in [5, 5.41) is 5.34. The third-order valence-electron chi connectivity index (χ3n) is 4.66. The van der Waals surface area contributed by atoms with E-state index in [-0.39, 0.29) is 42.1 Å². The van der Waals surface area contributed by atoms with E-state index < -0.39 is 21.8 Å². The maximum atomic E-state index is 13.1. The SMILES string of the molecule is O=C(NCCNC(=O)[C@H]1CCCN(S(=O)(=O)c2ccc(F)cc2)C1)c1ccco1. The first kappa shape index (κ1) is 21.0. The van der Waals surface area contributed by atoms with Crippen LogP contribution in [0.4, 0.5) is 4.39 Å². The summed E-state index contributed by atoms with van der Waals surface area (Å²) in [6.45, 7) is 0.801. The standard InChI is InChI=1S/C19H22FN3O5S/c20-15-5-7-16(8-6-15)29(26,27)23-11-1-3-14(13-23)18(24)21-9-10-22-19(25)17-4-2-12-28-17/h2,4-8,12,14H,1,3,9-11,13H2,(H,21,24)(H,22,25)/t14-/m0/s1. The van der Waals surface area contributed by atoms with Gasteiger partial charge in [-0.2, -0.15) is 4.31 Å². The number of amides is 2. The molecule has 0 spiro atoms. The first-order valence-electron chi connectivity index (χ1n) is 9.23. The van der Waals surface area contributed by atoms with Crippen LogP contribution in [0.5, 0.6) is 0 Å². The van der Waals surface area contributed by atoms with Crippen LogP contribution in [0.2, 0.25) is 0 Å². The van der Waals surface area contributed by atoms with Crippen LogP contribution in [0.15, 0.2) is 52.0 Å². The number of sulfonamides is 1. The van der Waals surface area contributed by atoms with E-state index in [0.717, 1.165) is 12.1 Å². The second-order valence-corrected chi connectivity index (χ2v) is 8.62. The molecule has 1 saturated heterocycles. The Balaban J connectivity index is 1.50. The molecule has 0 aliphatic carbocycles. The van der Waals surface area contributed by atoms with Crippen molar-refractivity contribution in [1.82, 2.24) is 14.9 Å². The third kappa shape index (κ3) is 5.21. The molecule has 0 saturated carbocycles. The molecular formula is C19H22FN3O5S. The molecule has 1 atom stereocenters. The summed E-state index contributed by atoms with van der Waals surface area (Å²) >= 11 is 0. The van der Waals surface area contributed by atoms with Gasteiger partial charge in [-0.15, -0.1) is 0 Å². The molecule has 2 aromatic rings. The highest BCUT2D eigenvalue weighted by Crippen LogP contribution is 2.24. The zero-order valence-electron chi connectivity index (χ0n) is 15.6. The van der Waals surface area contributed by atoms with Crippen LogP contribution in [0, 0.1) is 11.7 Å². The van der Waals surface area contributed by atoms with Crippen molar-refractivity contribution in [2.45, 2.75) is 17.7 Å². The minimum Gasteiger partial charge on any atom is -0.459 e. The molecule has 1 fully saturated rings. The molecule has 0 bridgehead atoms. The topological polar surface area (TPSA) is 109 Å². The maximum Gasteiger partial charge on any atom is 0.287 e. The Kier molecular flexibility index (Phi) is 6.65. The predicted octanol–water partition coefficient (Wildman–Crippen LogP) is 1.37. The molecule has 2 heterocycles. The average Bonchev–Trinajstić information content (AvgIpc) is 3.26. The van der Waals surface area contributed by atoms with Gasteiger partial charge in [0.05, 0.1) is 17.1 Å². The summed E-state index contributed by atoms with van der Waals surface area (Å²) in [6.07, 6.45) is 2.51. The van der Waals surface area contributed by atoms with Crippen LogP contribution in [-0.4, -0.2) is 50.7 Å². The molecule has 1 aromatic carbocycles. The van der Waals surface area contributed by atoms with Gasteiger partial charge in [0.1, 0.15) is 5.82 Å². The van der Waals surface area contributed by atoms with Crippen LogP contribution in [0.1, 0.15) is 23.4 Å². The highest BCUT2D eigenvalue weighted by Gasteiger charge is 2.33. The summed E-state index contributed by atoms with van der Waals surface area (Å²) in [5.41, 5.74) is 0. The van der Waals surface area contributed by atoms with Gasteiger partial charge in [-0.1, -0.05) is 0 Å². The fraction of sp³-hybridized carbons (Fsp3) is 0.368. The quantitative estimate of drug-likeness (QED) is 0.654. The van der Waals surface area contributed by atoms with Crippen molar-refractivity contribution in [2.24, 2.45) is 5.92 Å². The molecule has 156 valence electrons. The highest BCUT2D eigenvalue weighted by atomic mass is 32.2. The Morgan fingerprint density at radius 1 is 1.14 bits per heavy atom. The molecule has 8 nitrogen and oxygen atoms in total. The van der Waals surface area contributed by atoms with Crippen LogP contribution >= 0.6 is 0 Å². The molecule has 10 heteroatoms. The molecule has 1 aromatic heterocycles. The lowest BCUT2D eigenvalue weighted by atomic mass is 9.99. The van der Waals surface area contributed by atoms with E-state index in [1.54, 1.807) is 6.07 Å². The smallest absolute Gasteiger partial charge is 0.287 e. The van der Waals surface area contributed by atoms with Crippen LogP contribution < -0.4 is 10.6 Å². The van der Waals surface area contributed by atoms with Crippen molar-refractivity contribution < 1.29 is 26.8 Å². The van der Waals surface area contributed by atoms with Gasteiger partial charge in [0, 0.05) is 26.2 Å². The molecular weight excluding hydrogens is 401 g/mol. The minimum absolute atomic E-state index is 0.000553. The first-order valence-corrected chi connectivity index (χ1v) is 10.7. The van der Waals surface area contributed by atoms with E-state index in [1.165, 1.54) is 28.8 Å². The van der Waals surface area contributed by atoms with E-state index in [2.05, 4.69) is 10.6 Å². The number of piperidine rings is 1. The van der Waals surface area contributed by atoms with Gasteiger partial charge in [-0.25, -0.2) is 12.8 Å². The maximum absolute atomic E-state index is 13.1. The van der Waals surface area contributed by atoms with Crippen molar-refractivity contribution in [3.05, 3.63) is 54.2 Å². The molecule has 2 N–H and O–H groups in total. The van der Waals surface area contributed by atoms with E-state index >= 15 is 0 Å². The molecule has 0 radical (unpaired) electrons. The Morgan fingerprint density at radius 3 is 2.55 bits per heavy atom. The predicted molar refractivity (Wildman–Crippen MR) is 102 cm³/mol. The van der Waals surface area contributed by atoms with Gasteiger partial charge in [-0.05, 0) is 49.2 Å². The highest BCUT2D eigenvalue weighted by molar-refractivity contribution is 7.89. The largest absolute Gasteiger partial charge is 0.459 e. The number of nitrogens with zero attached hydrogens (tertiary/aromatic N) is 1. The third-order valence-corrected chi connectivity index (χ3v) is 6.54. The van der Waals surface area contributed by atoms with Gasteiger partial charge in [0.2, 0.25) is 15.9 Å². The van der Waals surface area contributed by atoms with Gasteiger partial charge in [-0.3, -0.25) is 9.59 Å². The fourth-order valence-electron chi connectivity index (χ4n) is 3.13. The number of halogens is 1. The summed E-state index contributed by atoms with van der Waals surface area (Å²) < 4.78 is 44.8. The van der Waals surface area contributed by atoms with Gasteiger partial charge in [0.15, 0.2) is 5.76 Å². The number of hydrogen-bond donors (Lipinski definition) is 2. The molecule has 1 aliphatic heterocycles. The van der Waals surface area contributed by atoms with Gasteiger partial charge >= 0.3 is 0 Å². The number of benzene rings is 1. The van der Waals surface area contributed by atoms with Crippen molar-refractivity contribution in [1.29, 1.82) is 0 Å². The average molecular weight is 423 g/mol. The lowest BCUT2D eigenvalue weighted by Gasteiger charge is -2.31. The zero-order valence-corrected chi connectivity index (χ0v) is 16.5. The fourth-order valence-corrected chi connectivity index (χ4v) is 4.66. The number of carbonyl (C=O) groups is 2. The lowest BCUT2D eigenvalue weighted by molar-refractivity contribution is -0.126. The Hall–Kier alpha value is -2.72. The van der Waals surface area contributed by atoms with E-state index in [4.69, 9.17) is 4.42 Å². The first-order chi connectivity index (χ1) is 13.9. The van der Waals surface area contributed by atoms with Gasteiger partial charge < -0.3 is 15.1 Å². The number of furan rings is 1. The molecule has 1 aliphatic rings. The Bertz CT molecular complexity index is 945. The monoisotopic (exact) mass is 423 g/mol. The second-order valence-electron chi connectivity index (χ2n) is 6.68. The van der Waals surface area contributed by atoms with Crippen molar-refractivity contribution in [2.75, 3.05) is 26.2 Å². The summed E-state index contributed by atoms with van der Waals surface area (Å²) in [6, 6.07) is 7.76. The molecule has 0 unspecified atom stereocenters. The van der Waals surface area contributed by atoms with E-state index in [0.29, 0.717) is 19.4 Å². The molecule has 2 amide bonds. The second kappa shape index (κ2) is 9.19. The summed E-state index contributed by atoms with van der Waals surface area (Å²) in [4.78, 5) is 24.2. The van der Waals surface area contributed by atoms with Gasteiger partial charge in [0.25, 0.3) is 5.91 Å². The Morgan fingerprint density at radius 2 is 1.86 bits per heavy atom. The summed E-state index contributed by atoms with van der Waals surface area (Å²) in [5.74, 6) is -1.46.